The highest BCUT2D eigenvalue weighted by atomic mass is 16.3. The number of nitrogens with zero attached hydrogens (tertiary/aromatic N) is 4. The maximum absolute atomic E-state index is 8.81. The van der Waals surface area contributed by atoms with Crippen molar-refractivity contribution in [1.82, 2.24) is 19.9 Å². The molecule has 0 saturated carbocycles. The number of hydrogen-bond acceptors (Lipinski definition) is 4. The molecule has 1 fully saturated rings. The van der Waals surface area contributed by atoms with Crippen LogP contribution in [-0.2, 0) is 13.0 Å². The summed E-state index contributed by atoms with van der Waals surface area (Å²) in [6.45, 7) is 2.29. The Hall–Kier alpha value is -0.940. The van der Waals surface area contributed by atoms with Crippen LogP contribution in [-0.4, -0.2) is 51.2 Å². The Morgan fingerprint density at radius 1 is 1.47 bits per heavy atom. The van der Waals surface area contributed by atoms with E-state index >= 15 is 0 Å². The first kappa shape index (κ1) is 12.5. The molecule has 0 aromatic carbocycles. The van der Waals surface area contributed by atoms with Gasteiger partial charge in [0.2, 0.25) is 0 Å². The van der Waals surface area contributed by atoms with Crippen LogP contribution in [0.1, 0.15) is 31.4 Å². The van der Waals surface area contributed by atoms with Gasteiger partial charge < -0.3 is 10.0 Å². The molecule has 0 radical (unpaired) electrons. The van der Waals surface area contributed by atoms with Crippen LogP contribution in [0.4, 0.5) is 0 Å². The molecule has 1 aromatic heterocycles. The summed E-state index contributed by atoms with van der Waals surface area (Å²) < 4.78 is 1.90. The molecule has 2 rings (SSSR count). The minimum atomic E-state index is 0.143. The SMILES string of the molecule is CN1CCCCC1CCn1cc(CCO)nn1. The second-order valence-electron chi connectivity index (χ2n) is 4.87. The van der Waals surface area contributed by atoms with Gasteiger partial charge in [-0.1, -0.05) is 11.6 Å². The zero-order valence-electron chi connectivity index (χ0n) is 10.5. The molecule has 0 spiro atoms. The number of hydrogen-bond donors (Lipinski definition) is 1. The van der Waals surface area contributed by atoms with Gasteiger partial charge in [0.15, 0.2) is 0 Å². The molecule has 1 atom stereocenters. The fraction of sp³-hybridized carbons (Fsp3) is 0.833. The van der Waals surface area contributed by atoms with Gasteiger partial charge in [0.25, 0.3) is 0 Å². The van der Waals surface area contributed by atoms with E-state index in [9.17, 15) is 0 Å². The van der Waals surface area contributed by atoms with E-state index in [0.717, 1.165) is 18.7 Å². The van der Waals surface area contributed by atoms with Gasteiger partial charge in [-0.3, -0.25) is 4.68 Å². The first-order valence-electron chi connectivity index (χ1n) is 6.49. The lowest BCUT2D eigenvalue weighted by molar-refractivity contribution is 0.169. The van der Waals surface area contributed by atoms with E-state index in [1.807, 2.05) is 10.9 Å². The molecule has 1 aliphatic heterocycles. The van der Waals surface area contributed by atoms with Crippen LogP contribution in [0.25, 0.3) is 0 Å². The molecule has 0 bridgehead atoms. The van der Waals surface area contributed by atoms with Crippen molar-refractivity contribution in [1.29, 1.82) is 0 Å². The van der Waals surface area contributed by atoms with Gasteiger partial charge in [-0.15, -0.1) is 5.10 Å². The molecular weight excluding hydrogens is 216 g/mol. The van der Waals surface area contributed by atoms with Crippen LogP contribution < -0.4 is 0 Å². The lowest BCUT2D eigenvalue weighted by Crippen LogP contribution is -2.36. The standard InChI is InChI=1S/C12H22N4O/c1-15-7-3-2-4-12(15)5-8-16-10-11(6-9-17)13-14-16/h10,12,17H,2-9H2,1H3. The fourth-order valence-electron chi connectivity index (χ4n) is 2.47. The van der Waals surface area contributed by atoms with Crippen molar-refractivity contribution in [3.8, 4) is 0 Å². The van der Waals surface area contributed by atoms with Gasteiger partial charge in [0.1, 0.15) is 0 Å². The van der Waals surface area contributed by atoms with Crippen molar-refractivity contribution in [2.75, 3.05) is 20.2 Å². The highest BCUT2D eigenvalue weighted by molar-refractivity contribution is 4.92. The number of aromatic nitrogens is 3. The summed E-state index contributed by atoms with van der Waals surface area (Å²) in [6, 6.07) is 0.689. The van der Waals surface area contributed by atoms with E-state index in [4.69, 9.17) is 5.11 Å². The van der Waals surface area contributed by atoms with E-state index in [2.05, 4.69) is 22.3 Å². The van der Waals surface area contributed by atoms with Crippen molar-refractivity contribution >= 4 is 0 Å². The predicted octanol–water partition coefficient (Wildman–Crippen LogP) is 0.687. The molecule has 5 heteroatoms. The second-order valence-corrected chi connectivity index (χ2v) is 4.87. The first-order valence-corrected chi connectivity index (χ1v) is 6.49. The molecule has 17 heavy (non-hydrogen) atoms. The van der Waals surface area contributed by atoms with Crippen molar-refractivity contribution in [3.05, 3.63) is 11.9 Å². The molecule has 1 aliphatic rings. The van der Waals surface area contributed by atoms with Crippen LogP contribution >= 0.6 is 0 Å². The Morgan fingerprint density at radius 2 is 2.35 bits per heavy atom. The maximum Gasteiger partial charge on any atom is 0.0849 e. The quantitative estimate of drug-likeness (QED) is 0.820. The zero-order chi connectivity index (χ0) is 12.1. The minimum Gasteiger partial charge on any atom is -0.396 e. The molecule has 0 aliphatic carbocycles. The van der Waals surface area contributed by atoms with Crippen LogP contribution in [0.2, 0.25) is 0 Å². The number of piperidine rings is 1. The third-order valence-electron chi connectivity index (χ3n) is 3.57. The lowest BCUT2D eigenvalue weighted by Gasteiger charge is -2.32. The summed E-state index contributed by atoms with van der Waals surface area (Å²) in [7, 11) is 2.21. The topological polar surface area (TPSA) is 54.2 Å². The van der Waals surface area contributed by atoms with Gasteiger partial charge in [-0.2, -0.15) is 0 Å². The molecule has 96 valence electrons. The third kappa shape index (κ3) is 3.51. The number of aliphatic hydroxyl groups excluding tert-OH is 1. The van der Waals surface area contributed by atoms with Crippen LogP contribution in [0, 0.1) is 0 Å². The molecule has 5 nitrogen and oxygen atoms in total. The van der Waals surface area contributed by atoms with Crippen molar-refractivity contribution in [3.63, 3.8) is 0 Å². The Balaban J connectivity index is 1.79. The van der Waals surface area contributed by atoms with Gasteiger partial charge in [0, 0.05) is 31.8 Å². The Morgan fingerprint density at radius 3 is 3.12 bits per heavy atom. The summed E-state index contributed by atoms with van der Waals surface area (Å²) in [5, 5.41) is 16.9. The Labute approximate surface area is 102 Å². The van der Waals surface area contributed by atoms with E-state index in [1.165, 1.54) is 25.8 Å². The Kier molecular flexibility index (Phi) is 4.50. The van der Waals surface area contributed by atoms with Gasteiger partial charge >= 0.3 is 0 Å². The fourth-order valence-corrected chi connectivity index (χ4v) is 2.47. The van der Waals surface area contributed by atoms with E-state index < -0.39 is 0 Å². The van der Waals surface area contributed by atoms with Gasteiger partial charge in [0.05, 0.1) is 5.69 Å². The predicted molar refractivity (Wildman–Crippen MR) is 65.7 cm³/mol. The second kappa shape index (κ2) is 6.12. The summed E-state index contributed by atoms with van der Waals surface area (Å²) in [6.07, 6.45) is 7.66. The maximum atomic E-state index is 8.81. The van der Waals surface area contributed by atoms with E-state index in [1.54, 1.807) is 0 Å². The molecule has 1 saturated heterocycles. The van der Waals surface area contributed by atoms with Crippen molar-refractivity contribution in [2.45, 2.75) is 44.7 Å². The third-order valence-corrected chi connectivity index (χ3v) is 3.57. The molecule has 1 unspecified atom stereocenters. The lowest BCUT2D eigenvalue weighted by atomic mass is 10.0. The van der Waals surface area contributed by atoms with Crippen molar-refractivity contribution < 1.29 is 5.11 Å². The average Bonchev–Trinajstić information content (AvgIpc) is 2.76. The van der Waals surface area contributed by atoms with Gasteiger partial charge in [-0.25, -0.2) is 0 Å². The summed E-state index contributed by atoms with van der Waals surface area (Å²) in [4.78, 5) is 2.45. The normalized spacial score (nSPS) is 21.9. The smallest absolute Gasteiger partial charge is 0.0849 e. The number of likely N-dealkylation sites (tertiary alicyclic amines) is 1. The van der Waals surface area contributed by atoms with E-state index in [0.29, 0.717) is 12.5 Å². The number of aliphatic hydroxyl groups is 1. The molecule has 2 heterocycles. The molecular formula is C12H22N4O. The number of aryl methyl sites for hydroxylation is 1. The van der Waals surface area contributed by atoms with Crippen LogP contribution in [0.5, 0.6) is 0 Å². The number of rotatable bonds is 5. The van der Waals surface area contributed by atoms with Crippen LogP contribution in [0.3, 0.4) is 0 Å². The zero-order valence-corrected chi connectivity index (χ0v) is 10.5. The monoisotopic (exact) mass is 238 g/mol. The first-order chi connectivity index (χ1) is 8.29. The molecule has 1 N–H and O–H groups in total. The molecule has 1 aromatic rings. The minimum absolute atomic E-state index is 0.143. The summed E-state index contributed by atoms with van der Waals surface area (Å²) in [5.41, 5.74) is 0.879. The summed E-state index contributed by atoms with van der Waals surface area (Å²) in [5.74, 6) is 0. The van der Waals surface area contributed by atoms with Gasteiger partial charge in [-0.05, 0) is 32.9 Å². The van der Waals surface area contributed by atoms with Crippen molar-refractivity contribution in [2.24, 2.45) is 0 Å². The molecule has 0 amide bonds. The highest BCUT2D eigenvalue weighted by Crippen LogP contribution is 2.18. The largest absolute Gasteiger partial charge is 0.396 e. The average molecular weight is 238 g/mol. The van der Waals surface area contributed by atoms with Crippen LogP contribution in [0.15, 0.2) is 6.20 Å². The summed E-state index contributed by atoms with van der Waals surface area (Å²) >= 11 is 0. The van der Waals surface area contributed by atoms with E-state index in [-0.39, 0.29) is 6.61 Å². The highest BCUT2D eigenvalue weighted by Gasteiger charge is 2.18. The Bertz CT molecular complexity index is 339.